The number of rotatable bonds is 8. The van der Waals surface area contributed by atoms with Crippen molar-refractivity contribution in [3.05, 3.63) is 28.2 Å². The summed E-state index contributed by atoms with van der Waals surface area (Å²) in [4.78, 5) is 22.1. The molecular formula is C11H16N2O5. The molecule has 1 aromatic rings. The fraction of sp³-hybridized carbons (Fsp3) is 0.545. The molecule has 0 unspecified atom stereocenters. The molecule has 0 aliphatic heterocycles. The van der Waals surface area contributed by atoms with Gasteiger partial charge in [0.2, 0.25) is 0 Å². The van der Waals surface area contributed by atoms with Crippen molar-refractivity contribution in [1.29, 1.82) is 0 Å². The molecule has 1 heterocycles. The summed E-state index contributed by atoms with van der Waals surface area (Å²) in [7, 11) is 1.61. The van der Waals surface area contributed by atoms with Gasteiger partial charge in [-0.3, -0.25) is 4.79 Å². The Labute approximate surface area is 104 Å². The molecule has 0 amide bonds. The Morgan fingerprint density at radius 2 is 2.17 bits per heavy atom. The average Bonchev–Trinajstić information content (AvgIpc) is 2.35. The third-order valence-corrected chi connectivity index (χ3v) is 2.17. The van der Waals surface area contributed by atoms with Crippen LogP contribution in [-0.2, 0) is 16.0 Å². The highest BCUT2D eigenvalue weighted by Crippen LogP contribution is 1.91. The Hall–Kier alpha value is -1.73. The molecule has 0 aromatic carbocycles. The van der Waals surface area contributed by atoms with Gasteiger partial charge in [0, 0.05) is 26.4 Å². The number of aromatic carboxylic acids is 1. The molecular weight excluding hydrogens is 240 g/mol. The van der Waals surface area contributed by atoms with E-state index in [-0.39, 0.29) is 17.8 Å². The van der Waals surface area contributed by atoms with Crippen LogP contribution < -0.4 is 5.56 Å². The Kier molecular flexibility index (Phi) is 6.03. The maximum Gasteiger partial charge on any atom is 0.356 e. The molecule has 0 radical (unpaired) electrons. The van der Waals surface area contributed by atoms with Gasteiger partial charge < -0.3 is 14.6 Å². The lowest BCUT2D eigenvalue weighted by Crippen LogP contribution is -2.26. The molecule has 7 nitrogen and oxygen atoms in total. The van der Waals surface area contributed by atoms with Crippen LogP contribution in [0.5, 0.6) is 0 Å². The molecule has 100 valence electrons. The summed E-state index contributed by atoms with van der Waals surface area (Å²) in [5.74, 6) is -1.16. The summed E-state index contributed by atoms with van der Waals surface area (Å²) in [6, 6.07) is 2.36. The lowest BCUT2D eigenvalue weighted by molar-refractivity contribution is 0.0684. The summed E-state index contributed by atoms with van der Waals surface area (Å²) >= 11 is 0. The van der Waals surface area contributed by atoms with Gasteiger partial charge in [-0.2, -0.15) is 5.10 Å². The second-order valence-electron chi connectivity index (χ2n) is 3.54. The standard InChI is InChI=1S/C11H16N2O5/c1-17-6-2-7-18-8-5-13-10(14)4-3-9(12-13)11(15)16/h3-4H,2,5-8H2,1H3,(H,15,16). The minimum atomic E-state index is -1.16. The zero-order valence-corrected chi connectivity index (χ0v) is 10.2. The van der Waals surface area contributed by atoms with Crippen molar-refractivity contribution < 1.29 is 19.4 Å². The van der Waals surface area contributed by atoms with E-state index in [9.17, 15) is 9.59 Å². The molecule has 0 aliphatic carbocycles. The van der Waals surface area contributed by atoms with Gasteiger partial charge in [-0.25, -0.2) is 9.48 Å². The molecule has 1 N–H and O–H groups in total. The van der Waals surface area contributed by atoms with Crippen LogP contribution in [0.2, 0.25) is 0 Å². The van der Waals surface area contributed by atoms with Crippen LogP contribution in [0.4, 0.5) is 0 Å². The van der Waals surface area contributed by atoms with E-state index in [1.165, 1.54) is 12.1 Å². The zero-order valence-electron chi connectivity index (χ0n) is 10.2. The Bertz CT molecular complexity index is 443. The Morgan fingerprint density at radius 1 is 1.39 bits per heavy atom. The number of carbonyl (C=O) groups is 1. The van der Waals surface area contributed by atoms with E-state index in [1.54, 1.807) is 7.11 Å². The number of aromatic nitrogens is 2. The van der Waals surface area contributed by atoms with E-state index in [0.717, 1.165) is 11.1 Å². The van der Waals surface area contributed by atoms with E-state index in [4.69, 9.17) is 14.6 Å². The molecule has 1 rings (SSSR count). The van der Waals surface area contributed by atoms with Crippen molar-refractivity contribution >= 4 is 5.97 Å². The predicted molar refractivity (Wildman–Crippen MR) is 62.8 cm³/mol. The molecule has 0 saturated heterocycles. The van der Waals surface area contributed by atoms with Crippen LogP contribution in [-0.4, -0.2) is 47.8 Å². The maximum absolute atomic E-state index is 11.4. The highest BCUT2D eigenvalue weighted by Gasteiger charge is 2.06. The quantitative estimate of drug-likeness (QED) is 0.658. The summed E-state index contributed by atoms with van der Waals surface area (Å²) in [6.07, 6.45) is 0.772. The first-order chi connectivity index (χ1) is 8.65. The molecule has 0 fully saturated rings. The van der Waals surface area contributed by atoms with E-state index in [0.29, 0.717) is 19.8 Å². The van der Waals surface area contributed by atoms with E-state index in [2.05, 4.69) is 5.10 Å². The van der Waals surface area contributed by atoms with Gasteiger partial charge >= 0.3 is 5.97 Å². The van der Waals surface area contributed by atoms with Crippen LogP contribution in [0.25, 0.3) is 0 Å². The van der Waals surface area contributed by atoms with Crippen molar-refractivity contribution in [3.8, 4) is 0 Å². The van der Waals surface area contributed by atoms with Crippen LogP contribution in [0.3, 0.4) is 0 Å². The van der Waals surface area contributed by atoms with Gasteiger partial charge in [-0.1, -0.05) is 0 Å². The van der Waals surface area contributed by atoms with Gasteiger partial charge in [-0.05, 0) is 12.5 Å². The molecule has 18 heavy (non-hydrogen) atoms. The van der Waals surface area contributed by atoms with Gasteiger partial charge in [0.05, 0.1) is 13.2 Å². The number of carboxylic acids is 1. The van der Waals surface area contributed by atoms with E-state index < -0.39 is 5.97 Å². The summed E-state index contributed by atoms with van der Waals surface area (Å²) in [5.41, 5.74) is -0.505. The maximum atomic E-state index is 11.4. The summed E-state index contributed by atoms with van der Waals surface area (Å²) < 4.78 is 11.2. The number of hydrogen-bond donors (Lipinski definition) is 1. The number of nitrogens with zero attached hydrogens (tertiary/aromatic N) is 2. The minimum absolute atomic E-state index is 0.158. The monoisotopic (exact) mass is 256 g/mol. The molecule has 1 aromatic heterocycles. The largest absolute Gasteiger partial charge is 0.476 e. The molecule has 0 aliphatic rings. The number of hydrogen-bond acceptors (Lipinski definition) is 5. The highest BCUT2D eigenvalue weighted by atomic mass is 16.5. The molecule has 0 saturated carbocycles. The molecule has 0 spiro atoms. The van der Waals surface area contributed by atoms with Crippen molar-refractivity contribution in [2.75, 3.05) is 26.9 Å². The van der Waals surface area contributed by atoms with E-state index in [1.807, 2.05) is 0 Å². The second kappa shape index (κ2) is 7.57. The third kappa shape index (κ3) is 4.64. The number of ether oxygens (including phenoxy) is 2. The lowest BCUT2D eigenvalue weighted by atomic mass is 10.4. The molecule has 0 atom stereocenters. The number of methoxy groups -OCH3 is 1. The second-order valence-corrected chi connectivity index (χ2v) is 3.54. The smallest absolute Gasteiger partial charge is 0.356 e. The van der Waals surface area contributed by atoms with Gasteiger partial charge in [0.15, 0.2) is 5.69 Å². The third-order valence-electron chi connectivity index (χ3n) is 2.17. The van der Waals surface area contributed by atoms with Crippen LogP contribution in [0.15, 0.2) is 16.9 Å². The Balaban J connectivity index is 2.44. The predicted octanol–water partition coefficient (Wildman–Crippen LogP) is -0.00540. The first-order valence-corrected chi connectivity index (χ1v) is 5.53. The van der Waals surface area contributed by atoms with Gasteiger partial charge in [0.25, 0.3) is 5.56 Å². The fourth-order valence-corrected chi connectivity index (χ4v) is 1.28. The Morgan fingerprint density at radius 3 is 2.83 bits per heavy atom. The molecule has 0 bridgehead atoms. The van der Waals surface area contributed by atoms with Crippen LogP contribution >= 0.6 is 0 Å². The SMILES string of the molecule is COCCCOCCn1nc(C(=O)O)ccc1=O. The first kappa shape index (κ1) is 14.3. The minimum Gasteiger partial charge on any atom is -0.476 e. The lowest BCUT2D eigenvalue weighted by Gasteiger charge is -2.06. The summed E-state index contributed by atoms with van der Waals surface area (Å²) in [5, 5.41) is 12.5. The van der Waals surface area contributed by atoms with E-state index >= 15 is 0 Å². The normalized spacial score (nSPS) is 10.5. The van der Waals surface area contributed by atoms with Crippen molar-refractivity contribution in [1.82, 2.24) is 9.78 Å². The van der Waals surface area contributed by atoms with Crippen molar-refractivity contribution in [2.24, 2.45) is 0 Å². The molecule has 7 heteroatoms. The average molecular weight is 256 g/mol. The van der Waals surface area contributed by atoms with Gasteiger partial charge in [0.1, 0.15) is 0 Å². The van der Waals surface area contributed by atoms with Crippen molar-refractivity contribution in [3.63, 3.8) is 0 Å². The number of carboxylic acid groups (broad SMARTS) is 1. The highest BCUT2D eigenvalue weighted by molar-refractivity contribution is 5.84. The first-order valence-electron chi connectivity index (χ1n) is 5.53. The fourth-order valence-electron chi connectivity index (χ4n) is 1.28. The van der Waals surface area contributed by atoms with Crippen LogP contribution in [0, 0.1) is 0 Å². The van der Waals surface area contributed by atoms with Crippen LogP contribution in [0.1, 0.15) is 16.9 Å². The van der Waals surface area contributed by atoms with Gasteiger partial charge in [-0.15, -0.1) is 0 Å². The summed E-state index contributed by atoms with van der Waals surface area (Å²) in [6.45, 7) is 1.68. The van der Waals surface area contributed by atoms with Crippen molar-refractivity contribution in [2.45, 2.75) is 13.0 Å². The topological polar surface area (TPSA) is 90.7 Å². The zero-order chi connectivity index (χ0) is 13.4.